The van der Waals surface area contributed by atoms with Gasteiger partial charge in [-0.2, -0.15) is 0 Å². The first-order chi connectivity index (χ1) is 7.25. The van der Waals surface area contributed by atoms with Crippen LogP contribution in [0.5, 0.6) is 17.2 Å². The number of hydrogen-bond donors (Lipinski definition) is 1. The van der Waals surface area contributed by atoms with Crippen molar-refractivity contribution in [2.24, 2.45) is 0 Å². The van der Waals surface area contributed by atoms with Crippen LogP contribution in [0, 0.1) is 0 Å². The Balaban J connectivity index is 2.22. The van der Waals surface area contributed by atoms with Crippen LogP contribution in [0.3, 0.4) is 0 Å². The molecule has 0 radical (unpaired) electrons. The van der Waals surface area contributed by atoms with E-state index in [1.54, 1.807) is 42.6 Å². The summed E-state index contributed by atoms with van der Waals surface area (Å²) in [5.74, 6) is 1.28. The zero-order chi connectivity index (χ0) is 10.7. The fourth-order valence-corrected chi connectivity index (χ4v) is 1.25. The van der Waals surface area contributed by atoms with Gasteiger partial charge in [0.2, 0.25) is 0 Å². The van der Waals surface area contributed by atoms with Crippen LogP contribution in [0.4, 0.5) is 0 Å². The van der Waals surface area contributed by atoms with Crippen LogP contribution < -0.4 is 4.74 Å². The number of ether oxygens (including phenoxy) is 1. The Labute approximate surface area is 91.9 Å². The molecule has 0 bridgehead atoms. The van der Waals surface area contributed by atoms with Crippen molar-refractivity contribution in [3.63, 3.8) is 0 Å². The molecule has 0 aliphatic heterocycles. The molecule has 0 unspecified atom stereocenters. The van der Waals surface area contributed by atoms with E-state index in [0.717, 1.165) is 0 Å². The highest BCUT2D eigenvalue weighted by Gasteiger charge is 2.02. The first kappa shape index (κ1) is 9.80. The van der Waals surface area contributed by atoms with Crippen molar-refractivity contribution in [2.75, 3.05) is 0 Å². The molecular formula is C11H8ClNO2. The lowest BCUT2D eigenvalue weighted by molar-refractivity contribution is 0.463. The molecular weight excluding hydrogens is 214 g/mol. The second kappa shape index (κ2) is 4.19. The van der Waals surface area contributed by atoms with E-state index in [-0.39, 0.29) is 5.75 Å². The lowest BCUT2D eigenvalue weighted by Gasteiger charge is -2.05. The van der Waals surface area contributed by atoms with E-state index in [1.165, 1.54) is 0 Å². The molecule has 0 saturated heterocycles. The van der Waals surface area contributed by atoms with Gasteiger partial charge in [-0.15, -0.1) is 0 Å². The lowest BCUT2D eigenvalue weighted by atomic mass is 10.3. The maximum Gasteiger partial charge on any atom is 0.171 e. The summed E-state index contributed by atoms with van der Waals surface area (Å²) in [4.78, 5) is 3.88. The highest BCUT2D eigenvalue weighted by Crippen LogP contribution is 2.27. The van der Waals surface area contributed by atoms with Crippen molar-refractivity contribution < 1.29 is 9.84 Å². The smallest absolute Gasteiger partial charge is 0.171 e. The monoisotopic (exact) mass is 221 g/mol. The van der Waals surface area contributed by atoms with Gasteiger partial charge < -0.3 is 9.84 Å². The molecule has 0 aliphatic rings. The number of rotatable bonds is 2. The predicted molar refractivity (Wildman–Crippen MR) is 57.4 cm³/mol. The van der Waals surface area contributed by atoms with Crippen LogP contribution in [0.1, 0.15) is 0 Å². The van der Waals surface area contributed by atoms with Crippen molar-refractivity contribution >= 4 is 11.6 Å². The third-order valence-electron chi connectivity index (χ3n) is 1.79. The van der Waals surface area contributed by atoms with Crippen LogP contribution in [0.25, 0.3) is 0 Å². The maximum atomic E-state index is 9.08. The highest BCUT2D eigenvalue weighted by molar-refractivity contribution is 6.30. The molecule has 1 heterocycles. The summed E-state index contributed by atoms with van der Waals surface area (Å²) in [6.45, 7) is 0. The van der Waals surface area contributed by atoms with E-state index in [0.29, 0.717) is 16.7 Å². The molecule has 2 rings (SSSR count). The third-order valence-corrected chi connectivity index (χ3v) is 2.07. The second-order valence-corrected chi connectivity index (χ2v) is 3.25. The SMILES string of the molecule is Oc1ccc(Oc2cccnc2Cl)cc1. The van der Waals surface area contributed by atoms with E-state index in [1.807, 2.05) is 0 Å². The third kappa shape index (κ3) is 2.39. The van der Waals surface area contributed by atoms with Gasteiger partial charge in [-0.25, -0.2) is 4.98 Å². The first-order valence-electron chi connectivity index (χ1n) is 4.33. The molecule has 1 aromatic carbocycles. The summed E-state index contributed by atoms with van der Waals surface area (Å²) >= 11 is 5.82. The van der Waals surface area contributed by atoms with E-state index in [9.17, 15) is 0 Å². The van der Waals surface area contributed by atoms with Crippen molar-refractivity contribution in [3.8, 4) is 17.2 Å². The van der Waals surface area contributed by atoms with Gasteiger partial charge in [0.15, 0.2) is 10.9 Å². The summed E-state index contributed by atoms with van der Waals surface area (Å²) in [6, 6.07) is 9.85. The number of halogens is 1. The quantitative estimate of drug-likeness (QED) is 0.792. The zero-order valence-corrected chi connectivity index (χ0v) is 8.48. The molecule has 0 atom stereocenters. The van der Waals surface area contributed by atoms with Gasteiger partial charge in [0, 0.05) is 6.20 Å². The average Bonchev–Trinajstić information content (AvgIpc) is 2.25. The van der Waals surface area contributed by atoms with Crippen molar-refractivity contribution in [1.29, 1.82) is 0 Å². The van der Waals surface area contributed by atoms with Crippen LogP contribution in [0.2, 0.25) is 5.15 Å². The first-order valence-corrected chi connectivity index (χ1v) is 4.71. The predicted octanol–water partition coefficient (Wildman–Crippen LogP) is 3.23. The standard InChI is InChI=1S/C11H8ClNO2/c12-11-10(2-1-7-13-11)15-9-5-3-8(14)4-6-9/h1-7,14H. The van der Waals surface area contributed by atoms with Crippen LogP contribution in [-0.4, -0.2) is 10.1 Å². The molecule has 0 amide bonds. The van der Waals surface area contributed by atoms with Gasteiger partial charge in [-0.1, -0.05) is 11.6 Å². The van der Waals surface area contributed by atoms with E-state index >= 15 is 0 Å². The molecule has 4 heteroatoms. The van der Waals surface area contributed by atoms with Crippen molar-refractivity contribution in [3.05, 3.63) is 47.7 Å². The molecule has 2 aromatic rings. The number of nitrogens with zero attached hydrogens (tertiary/aromatic N) is 1. The summed E-state index contributed by atoms with van der Waals surface area (Å²) in [7, 11) is 0. The van der Waals surface area contributed by atoms with E-state index < -0.39 is 0 Å². The van der Waals surface area contributed by atoms with Gasteiger partial charge in [-0.3, -0.25) is 0 Å². The van der Waals surface area contributed by atoms with Gasteiger partial charge in [0.05, 0.1) is 0 Å². The van der Waals surface area contributed by atoms with Gasteiger partial charge in [0.25, 0.3) is 0 Å². The minimum atomic E-state index is 0.194. The number of phenols is 1. The van der Waals surface area contributed by atoms with Gasteiger partial charge in [0.1, 0.15) is 11.5 Å². The Morgan fingerprint density at radius 1 is 1.13 bits per heavy atom. The second-order valence-electron chi connectivity index (χ2n) is 2.89. The summed E-state index contributed by atoms with van der Waals surface area (Å²) in [6.07, 6.45) is 1.59. The molecule has 0 spiro atoms. The Bertz CT molecular complexity index is 456. The fourth-order valence-electron chi connectivity index (χ4n) is 1.09. The summed E-state index contributed by atoms with van der Waals surface area (Å²) < 4.78 is 5.46. The van der Waals surface area contributed by atoms with Crippen LogP contribution in [-0.2, 0) is 0 Å². The van der Waals surface area contributed by atoms with E-state index in [2.05, 4.69) is 4.98 Å². The Morgan fingerprint density at radius 2 is 1.87 bits per heavy atom. The number of hydrogen-bond acceptors (Lipinski definition) is 3. The number of phenolic OH excluding ortho intramolecular Hbond substituents is 1. The highest BCUT2D eigenvalue weighted by atomic mass is 35.5. The van der Waals surface area contributed by atoms with Crippen LogP contribution in [0.15, 0.2) is 42.6 Å². The number of benzene rings is 1. The molecule has 0 aliphatic carbocycles. The number of aromatic nitrogens is 1. The molecule has 1 aromatic heterocycles. The summed E-state index contributed by atoms with van der Waals surface area (Å²) in [5.41, 5.74) is 0. The Morgan fingerprint density at radius 3 is 2.53 bits per heavy atom. The molecule has 0 fully saturated rings. The minimum Gasteiger partial charge on any atom is -0.508 e. The van der Waals surface area contributed by atoms with Crippen molar-refractivity contribution in [1.82, 2.24) is 4.98 Å². The minimum absolute atomic E-state index is 0.194. The molecule has 15 heavy (non-hydrogen) atoms. The zero-order valence-electron chi connectivity index (χ0n) is 7.72. The van der Waals surface area contributed by atoms with E-state index in [4.69, 9.17) is 21.4 Å². The van der Waals surface area contributed by atoms with Gasteiger partial charge >= 0.3 is 0 Å². The topological polar surface area (TPSA) is 42.4 Å². The number of aromatic hydroxyl groups is 1. The average molecular weight is 222 g/mol. The lowest BCUT2D eigenvalue weighted by Crippen LogP contribution is -1.86. The maximum absolute atomic E-state index is 9.08. The van der Waals surface area contributed by atoms with Crippen molar-refractivity contribution in [2.45, 2.75) is 0 Å². The summed E-state index contributed by atoms with van der Waals surface area (Å²) in [5, 5.41) is 9.39. The van der Waals surface area contributed by atoms with Crippen LogP contribution >= 0.6 is 11.6 Å². The Hall–Kier alpha value is -1.74. The number of pyridine rings is 1. The largest absolute Gasteiger partial charge is 0.508 e. The molecule has 76 valence electrons. The van der Waals surface area contributed by atoms with Gasteiger partial charge in [-0.05, 0) is 36.4 Å². The molecule has 0 saturated carbocycles. The normalized spacial score (nSPS) is 9.93. The Kier molecular flexibility index (Phi) is 2.74. The molecule has 3 nitrogen and oxygen atoms in total. The molecule has 1 N–H and O–H groups in total. The fraction of sp³-hybridized carbons (Fsp3) is 0.